The maximum Gasteiger partial charge on any atom is 0.323 e. The van der Waals surface area contributed by atoms with E-state index in [2.05, 4.69) is 0 Å². The highest BCUT2D eigenvalue weighted by Gasteiger charge is 2.47. The summed E-state index contributed by atoms with van der Waals surface area (Å²) in [6.45, 7) is -31.3. The Hall–Kier alpha value is -7.16. The number of hydrogen-bond donors (Lipinski definition) is 4. The Morgan fingerprint density at radius 2 is 0.550 bits per heavy atom. The molecule has 0 aliphatic carbocycles. The Morgan fingerprint density at radius 1 is 0.358 bits per heavy atom. The molecule has 120 heavy (non-hydrogen) atoms. The summed E-state index contributed by atoms with van der Waals surface area (Å²) in [5.41, 5.74) is 16.7. The molecule has 24 nitrogen and oxygen atoms in total. The first-order chi connectivity index (χ1) is 85.0. The minimum absolute atomic E-state index is 0.0345. The van der Waals surface area contributed by atoms with Crippen molar-refractivity contribution in [3.05, 3.63) is 92.8 Å². The Morgan fingerprint density at radius 3 is 0.733 bits per heavy atom. The van der Waals surface area contributed by atoms with Gasteiger partial charge in [0.2, 0.25) is 0 Å². The summed E-state index contributed by atoms with van der Waals surface area (Å²) in [6, 6.07) is -32.8. The Bertz CT molecular complexity index is 7330. The quantitative estimate of drug-likeness (QED) is 0.0303. The predicted molar refractivity (Wildman–Crippen MR) is 471 cm³/mol. The number of carbonyl (C=O) groups is 4. The number of esters is 4. The van der Waals surface area contributed by atoms with Crippen molar-refractivity contribution in [2.45, 2.75) is 260 Å². The molecule has 4 fully saturated rings. The van der Waals surface area contributed by atoms with Crippen LogP contribution in [0.5, 0.6) is 46.0 Å². The molecule has 8 aliphatic heterocycles. The number of methoxy groups -OCH3 is 8. The zero-order valence-electron chi connectivity index (χ0n) is 140. The van der Waals surface area contributed by atoms with Gasteiger partial charge < -0.3 is 79.8 Å². The van der Waals surface area contributed by atoms with Crippen LogP contribution in [0.4, 0.5) is 0 Å². The van der Waals surface area contributed by atoms with Gasteiger partial charge in [0.15, 0.2) is 46.0 Å². The second-order valence-electron chi connectivity index (χ2n) is 30.3. The van der Waals surface area contributed by atoms with Gasteiger partial charge in [-0.15, -0.1) is 0 Å². The van der Waals surface area contributed by atoms with Gasteiger partial charge in [-0.2, -0.15) is 0 Å². The van der Waals surface area contributed by atoms with Crippen molar-refractivity contribution in [2.75, 3.05) is 109 Å². The fourth-order valence-corrected chi connectivity index (χ4v) is 14.7. The Labute approximate surface area is 819 Å². The highest BCUT2D eigenvalue weighted by molar-refractivity contribution is 5.77. The van der Waals surface area contributed by atoms with E-state index in [9.17, 15) is 24.7 Å². The average Bonchev–Trinajstić information content (AvgIpc) is 0.678. The second-order valence-corrected chi connectivity index (χ2v) is 30.3. The number of carbonyl (C=O) groups excluding carboxylic acids is 4. The van der Waals surface area contributed by atoms with E-state index >= 15 is 0 Å². The predicted octanol–water partition coefficient (Wildman–Crippen LogP) is 14.3. The number of piperidine rings is 4. The Balaban J connectivity index is 0.000000278. The zero-order valence-corrected chi connectivity index (χ0v) is 68.0. The molecular weight excluding hydrogens is 1520 g/mol. The number of fused-ring (bicyclic) bond motifs is 12. The molecule has 8 heterocycles. The summed E-state index contributed by atoms with van der Waals surface area (Å²) in [5, 5.41) is 0. The van der Waals surface area contributed by atoms with Crippen LogP contribution < -0.4 is 60.8 Å². The first kappa shape index (κ1) is 38.0. The van der Waals surface area contributed by atoms with Crippen molar-refractivity contribution >= 4 is 23.9 Å². The third-order valence-electron chi connectivity index (χ3n) is 20.1. The van der Waals surface area contributed by atoms with E-state index < -0.39 is 457 Å². The molecule has 672 valence electrons. The van der Waals surface area contributed by atoms with Crippen LogP contribution in [0.2, 0.25) is 0 Å². The topological polar surface area (TPSA) is 296 Å². The summed E-state index contributed by atoms with van der Waals surface area (Å²) in [7, 11) is -9.00. The van der Waals surface area contributed by atoms with Gasteiger partial charge in [0.1, 0.15) is 48.5 Å². The molecule has 12 unspecified atom stereocenters. The summed E-state index contributed by atoms with van der Waals surface area (Å²) in [5.74, 6) is -34.5. The van der Waals surface area contributed by atoms with Crippen LogP contribution in [0.1, 0.15) is 329 Å². The van der Waals surface area contributed by atoms with Crippen LogP contribution in [0.3, 0.4) is 0 Å². The lowest BCUT2D eigenvalue weighted by Crippen LogP contribution is -2.51. The van der Waals surface area contributed by atoms with Crippen molar-refractivity contribution < 1.29 is 175 Å². The molecule has 0 spiro atoms. The van der Waals surface area contributed by atoms with Gasteiger partial charge in [0.25, 0.3) is 0 Å². The average molecular weight is 1750 g/mol. The lowest BCUT2D eigenvalue weighted by Gasteiger charge is -2.47. The third-order valence-corrected chi connectivity index (χ3v) is 20.1. The van der Waals surface area contributed by atoms with Gasteiger partial charge in [0.05, 0.1) is 95.0 Å². The number of nitrogens with zero attached hydrogens (tertiary/aromatic N) is 4. The summed E-state index contributed by atoms with van der Waals surface area (Å²) >= 11 is 0. The van der Waals surface area contributed by atoms with E-state index in [1.807, 2.05) is 0 Å². The number of ether oxygens (including phenoxy) is 12. The van der Waals surface area contributed by atoms with E-state index in [1.165, 1.54) is 0 Å². The fourth-order valence-electron chi connectivity index (χ4n) is 14.7. The highest BCUT2D eigenvalue weighted by Crippen LogP contribution is 2.50. The second kappa shape index (κ2) is 43.9. The number of hydrogen-bond acceptors (Lipinski definition) is 24. The van der Waals surface area contributed by atoms with E-state index in [0.717, 1.165) is 43.1 Å². The molecule has 4 saturated heterocycles. The van der Waals surface area contributed by atoms with Crippen molar-refractivity contribution in [2.24, 2.45) is 93.9 Å². The van der Waals surface area contributed by atoms with Gasteiger partial charge in [-0.25, -0.2) is 0 Å². The largest absolute Gasteiger partial charge is 0.493 e. The van der Waals surface area contributed by atoms with E-state index in [4.69, 9.17) is 173 Å². The molecule has 4 aromatic carbocycles. The van der Waals surface area contributed by atoms with Crippen molar-refractivity contribution in [1.29, 1.82) is 0 Å². The van der Waals surface area contributed by atoms with Crippen LogP contribution in [0.25, 0.3) is 0 Å². The minimum Gasteiger partial charge on any atom is -0.493 e. The van der Waals surface area contributed by atoms with Gasteiger partial charge in [0, 0.05) is 186 Å². The maximum absolute atomic E-state index is 13.6. The molecule has 0 radical (unpaired) electrons. The first-order valence-electron chi connectivity index (χ1n) is 73.8. The molecule has 0 amide bonds. The van der Waals surface area contributed by atoms with Gasteiger partial charge >= 0.3 is 23.9 Å². The van der Waals surface area contributed by atoms with E-state index in [-0.39, 0.29) is 60.9 Å². The monoisotopic (exact) mass is 1750 g/mol. The zero-order chi connectivity index (χ0) is 150. The molecule has 24 heteroatoms. The maximum atomic E-state index is 13.6. The van der Waals surface area contributed by atoms with Crippen LogP contribution in [0.15, 0.2) is 48.3 Å². The van der Waals surface area contributed by atoms with Crippen molar-refractivity contribution in [3.8, 4) is 46.0 Å². The van der Waals surface area contributed by atoms with Crippen LogP contribution >= 0.6 is 0 Å². The molecule has 12 rings (SSSR count). The molecule has 16 atom stereocenters. The molecule has 4 aromatic rings. The van der Waals surface area contributed by atoms with Crippen molar-refractivity contribution in [3.63, 3.8) is 0 Å². The van der Waals surface area contributed by atoms with Crippen LogP contribution in [-0.4, -0.2) is 201 Å². The van der Waals surface area contributed by atoms with Crippen LogP contribution in [0, 0.1) is 70.9 Å². The van der Waals surface area contributed by atoms with Gasteiger partial charge in [-0.1, -0.05) is 110 Å². The Kier molecular flexibility index (Phi) is 13.9. The number of rotatable bonds is 28. The molecule has 8 N–H and O–H groups in total. The molecule has 0 aromatic heterocycles. The molecule has 0 saturated carbocycles. The molecule has 0 bridgehead atoms. The van der Waals surface area contributed by atoms with Gasteiger partial charge in [-0.05, 0) is 191 Å². The van der Waals surface area contributed by atoms with E-state index in [0.29, 0.717) is 4.90 Å². The lowest BCUT2D eigenvalue weighted by molar-refractivity contribution is -0.161. The van der Waals surface area contributed by atoms with E-state index in [1.54, 1.807) is 55.4 Å². The highest BCUT2D eigenvalue weighted by atomic mass is 16.6. The number of benzene rings is 4. The number of nitrogens with two attached hydrogens (primary N) is 4. The van der Waals surface area contributed by atoms with Crippen LogP contribution in [-0.2, 0) is 63.6 Å². The SMILES string of the molecule is [2H]c1c(OC([2H])([2H])[2H])c(OC([2H])([2H])[2H])c([2H])c2c1C1([2H])CC(OC(=O)[C@@]([2H])(N)C([2H])(C([2H])([2H])[2H])C([2H])([2H])[2H])C(CC(C)C)CN1C([2H])([2H])C2([2H])[2H].[2H]c1c(OC([2H])([2H])[2H])c(OC)c([2H])c2c1C1([2H])CC(OC(=O)[C@@]([2H])(N)C([2H])(C([2H])([2H])[2H])C([2H])([2H])[2H])C(CC(C)C)CN1C([2H])([2H])C2([2H])[2H].[2H]c1c(OC)c(OC([2H])([2H])[2H])c([2H])c2c1C1([2H])CC(OC(=O)[C@@]([2H])(N)C([2H])(C([2H])([2H])[2H])C([2H])([2H])[2H])C(CC(C)C)CN1C([2H])([2H])C2([2H])[2H].[2H]c1c(OC)c(OC)c([2H])c2c1C1([2H])CC(OC(=O)[C@@]([2H])(N)C([2H])(C([2H])([2H])[2H])C([2H])([2H])[2H])C(CC(C)C)CN1C([2H])([2H])C2([2H])[2H]. The third kappa shape index (κ3) is 23.8. The summed E-state index contributed by atoms with van der Waals surface area (Å²) in [6.07, 6.45) is -21.8. The summed E-state index contributed by atoms with van der Waals surface area (Å²) < 4.78 is 654. The standard InChI is InChI=1S/4C24H38N2O4/c4*1-14(2)9-17-13-26-8-7-16-10-21(28-5)22(29-6)11-18(16)19(26)12-20(17)30-24(27)23(25)15(3)4/h4*10-11,14-15,17,19-20,23H,7-9,12-13,25H2,1-6H3/t4*17?,19?,20?,23-/m0000/s1/i3D3,4D3,5D3,6D3,7D2,8D2,10D,11D,15D,19D,23D;3D3,4D3,6D3,7D2,8D2,10D,11D,15D,19D,23D;3D3,4D3,5D3,7D2,8D2,10D,11D,15D,19D,23D;3D3,4D3,7D2,8D2,10D,11D,15D,19D,23D. The molecule has 8 aliphatic rings. The minimum atomic E-state index is -3.96. The van der Waals surface area contributed by atoms with Crippen molar-refractivity contribution in [1.82, 2.24) is 19.6 Å². The smallest absolute Gasteiger partial charge is 0.323 e. The molecular formula is C96H152N8O16. The fraction of sp³-hybridized carbons (Fsp3) is 0.708. The summed E-state index contributed by atoms with van der Waals surface area (Å²) in [4.78, 5) is 57.2. The lowest BCUT2D eigenvalue weighted by atomic mass is 9.79. The first-order valence-corrected chi connectivity index (χ1v) is 37.8. The normalized spacial score (nSPS) is 42.2. The van der Waals surface area contributed by atoms with Gasteiger partial charge in [-0.3, -0.25) is 38.8 Å².